The van der Waals surface area contributed by atoms with Crippen LogP contribution in [-0.4, -0.2) is 28.3 Å². The van der Waals surface area contributed by atoms with Crippen molar-refractivity contribution in [1.29, 1.82) is 0 Å². The molecule has 1 heterocycles. The third-order valence-corrected chi connectivity index (χ3v) is 3.39. The molecule has 0 aliphatic rings. The monoisotopic (exact) mass is 286 g/mol. The highest BCUT2D eigenvalue weighted by Gasteiger charge is 2.12. The summed E-state index contributed by atoms with van der Waals surface area (Å²) in [5.74, 6) is -0.0881. The third kappa shape index (κ3) is 5.04. The van der Waals surface area contributed by atoms with Gasteiger partial charge in [0, 0.05) is 19.8 Å². The number of nitrogens with one attached hydrogen (secondary N) is 1. The van der Waals surface area contributed by atoms with E-state index in [1.807, 2.05) is 49.8 Å². The van der Waals surface area contributed by atoms with E-state index >= 15 is 0 Å². The van der Waals surface area contributed by atoms with Gasteiger partial charge in [0.05, 0.1) is 12.2 Å². The molecular formula is C16H22N4O. The second-order valence-corrected chi connectivity index (χ2v) is 5.19. The van der Waals surface area contributed by atoms with Gasteiger partial charge in [-0.3, -0.25) is 9.48 Å². The van der Waals surface area contributed by atoms with Crippen molar-refractivity contribution in [2.75, 3.05) is 6.54 Å². The molecule has 1 atom stereocenters. The highest BCUT2D eigenvalue weighted by Crippen LogP contribution is 2.04. The first-order chi connectivity index (χ1) is 10.1. The van der Waals surface area contributed by atoms with Gasteiger partial charge >= 0.3 is 0 Å². The summed E-state index contributed by atoms with van der Waals surface area (Å²) in [7, 11) is 1.88. The number of nitrogens with two attached hydrogens (primary N) is 1. The lowest BCUT2D eigenvalue weighted by Crippen LogP contribution is -2.41. The molecule has 0 spiro atoms. The van der Waals surface area contributed by atoms with Crippen molar-refractivity contribution in [3.63, 3.8) is 0 Å². The Bertz CT molecular complexity index is 565. The van der Waals surface area contributed by atoms with Crippen LogP contribution in [0.5, 0.6) is 0 Å². The molecule has 5 nitrogen and oxygen atoms in total. The molecule has 0 saturated carbocycles. The number of hydrogen-bond donors (Lipinski definition) is 2. The number of amides is 1. The van der Waals surface area contributed by atoms with Crippen molar-refractivity contribution in [3.8, 4) is 0 Å². The lowest BCUT2D eigenvalue weighted by Gasteiger charge is -2.12. The van der Waals surface area contributed by atoms with Crippen molar-refractivity contribution in [3.05, 3.63) is 53.9 Å². The van der Waals surface area contributed by atoms with Crippen LogP contribution in [0.15, 0.2) is 42.7 Å². The zero-order valence-corrected chi connectivity index (χ0v) is 12.3. The Labute approximate surface area is 125 Å². The molecular weight excluding hydrogens is 264 g/mol. The van der Waals surface area contributed by atoms with Gasteiger partial charge in [-0.2, -0.15) is 5.10 Å². The molecule has 21 heavy (non-hydrogen) atoms. The zero-order chi connectivity index (χ0) is 15.1. The Morgan fingerprint density at radius 3 is 2.71 bits per heavy atom. The molecule has 0 aliphatic carbocycles. The number of carbonyl (C=O) groups excluding carboxylic acids is 1. The van der Waals surface area contributed by atoms with Gasteiger partial charge in [-0.05, 0) is 30.4 Å². The van der Waals surface area contributed by atoms with Gasteiger partial charge < -0.3 is 11.1 Å². The summed E-state index contributed by atoms with van der Waals surface area (Å²) in [5, 5.41) is 6.97. The van der Waals surface area contributed by atoms with E-state index in [1.54, 1.807) is 4.68 Å². The van der Waals surface area contributed by atoms with Crippen LogP contribution in [-0.2, 0) is 24.7 Å². The zero-order valence-electron chi connectivity index (χ0n) is 12.3. The fraction of sp³-hybridized carbons (Fsp3) is 0.375. The maximum absolute atomic E-state index is 11.9. The lowest BCUT2D eigenvalue weighted by atomic mass is 10.1. The number of aryl methyl sites for hydroxylation is 2. The molecule has 0 bridgehead atoms. The number of benzene rings is 1. The molecule has 3 N–H and O–H groups in total. The van der Waals surface area contributed by atoms with Crippen molar-refractivity contribution in [1.82, 2.24) is 15.1 Å². The molecule has 2 rings (SSSR count). The van der Waals surface area contributed by atoms with Gasteiger partial charge in [0.1, 0.15) is 0 Å². The number of aromatic nitrogens is 2. The molecule has 0 fully saturated rings. The van der Waals surface area contributed by atoms with Crippen molar-refractivity contribution in [2.45, 2.75) is 25.3 Å². The van der Waals surface area contributed by atoms with E-state index in [-0.39, 0.29) is 5.91 Å². The number of nitrogens with zero attached hydrogens (tertiary/aromatic N) is 2. The maximum Gasteiger partial charge on any atom is 0.236 e. The molecule has 2 aromatic rings. The third-order valence-electron chi connectivity index (χ3n) is 3.39. The predicted molar refractivity (Wildman–Crippen MR) is 82.7 cm³/mol. The van der Waals surface area contributed by atoms with Gasteiger partial charge in [-0.25, -0.2) is 0 Å². The van der Waals surface area contributed by atoms with Crippen molar-refractivity contribution >= 4 is 5.91 Å². The van der Waals surface area contributed by atoms with Gasteiger partial charge in [0.2, 0.25) is 5.91 Å². The van der Waals surface area contributed by atoms with Crippen LogP contribution in [0.3, 0.4) is 0 Å². The Morgan fingerprint density at radius 2 is 2.05 bits per heavy atom. The van der Waals surface area contributed by atoms with E-state index in [9.17, 15) is 4.79 Å². The molecule has 0 saturated heterocycles. The number of rotatable bonds is 7. The minimum atomic E-state index is -0.459. The van der Waals surface area contributed by atoms with Crippen LogP contribution in [0.2, 0.25) is 0 Å². The summed E-state index contributed by atoms with van der Waals surface area (Å²) in [5.41, 5.74) is 8.23. The maximum atomic E-state index is 11.9. The van der Waals surface area contributed by atoms with Crippen LogP contribution in [0.1, 0.15) is 17.5 Å². The highest BCUT2D eigenvalue weighted by molar-refractivity contribution is 5.81. The van der Waals surface area contributed by atoms with Crippen LogP contribution >= 0.6 is 0 Å². The fourth-order valence-corrected chi connectivity index (χ4v) is 2.16. The molecule has 0 radical (unpaired) electrons. The van der Waals surface area contributed by atoms with E-state index in [4.69, 9.17) is 5.73 Å². The van der Waals surface area contributed by atoms with E-state index in [0.29, 0.717) is 13.0 Å². The number of hydrogen-bond acceptors (Lipinski definition) is 3. The van der Waals surface area contributed by atoms with E-state index < -0.39 is 6.04 Å². The van der Waals surface area contributed by atoms with Crippen molar-refractivity contribution in [2.24, 2.45) is 12.8 Å². The first-order valence-corrected chi connectivity index (χ1v) is 7.20. The largest absolute Gasteiger partial charge is 0.354 e. The Morgan fingerprint density at radius 1 is 1.29 bits per heavy atom. The van der Waals surface area contributed by atoms with Crippen LogP contribution in [0.4, 0.5) is 0 Å². The molecule has 1 unspecified atom stereocenters. The first-order valence-electron chi connectivity index (χ1n) is 7.20. The standard InChI is InChI=1S/C16H22N4O/c1-20-12-14(11-19-20)9-10-18-16(21)15(17)8-7-13-5-3-2-4-6-13/h2-6,11-12,15H,7-10,17H2,1H3,(H,18,21). The molecule has 1 aromatic heterocycles. The Kier molecular flexibility index (Phi) is 5.51. The second kappa shape index (κ2) is 7.59. The quantitative estimate of drug-likeness (QED) is 0.798. The summed E-state index contributed by atoms with van der Waals surface area (Å²) in [4.78, 5) is 11.9. The Hall–Kier alpha value is -2.14. The van der Waals surface area contributed by atoms with Crippen molar-refractivity contribution < 1.29 is 4.79 Å². The van der Waals surface area contributed by atoms with Crippen LogP contribution in [0.25, 0.3) is 0 Å². The molecule has 5 heteroatoms. The van der Waals surface area contributed by atoms with Gasteiger partial charge in [0.25, 0.3) is 0 Å². The van der Waals surface area contributed by atoms with E-state index in [0.717, 1.165) is 18.4 Å². The summed E-state index contributed by atoms with van der Waals surface area (Å²) in [6.07, 6.45) is 5.99. The van der Waals surface area contributed by atoms with Gasteiger partial charge in [0.15, 0.2) is 0 Å². The summed E-state index contributed by atoms with van der Waals surface area (Å²) in [6, 6.07) is 9.61. The van der Waals surface area contributed by atoms with E-state index in [2.05, 4.69) is 10.4 Å². The normalized spacial score (nSPS) is 12.1. The Balaban J connectivity index is 1.67. The second-order valence-electron chi connectivity index (χ2n) is 5.19. The average molecular weight is 286 g/mol. The topological polar surface area (TPSA) is 72.9 Å². The lowest BCUT2D eigenvalue weighted by molar-refractivity contribution is -0.122. The fourth-order valence-electron chi connectivity index (χ4n) is 2.16. The van der Waals surface area contributed by atoms with Crippen LogP contribution < -0.4 is 11.1 Å². The average Bonchev–Trinajstić information content (AvgIpc) is 2.91. The van der Waals surface area contributed by atoms with E-state index in [1.165, 1.54) is 5.56 Å². The molecule has 0 aliphatic heterocycles. The molecule has 1 aromatic carbocycles. The summed E-state index contributed by atoms with van der Waals surface area (Å²) in [6.45, 7) is 0.587. The summed E-state index contributed by atoms with van der Waals surface area (Å²) >= 11 is 0. The SMILES string of the molecule is Cn1cc(CCNC(=O)C(N)CCc2ccccc2)cn1. The minimum Gasteiger partial charge on any atom is -0.354 e. The number of carbonyl (C=O) groups is 1. The molecule has 1 amide bonds. The van der Waals surface area contributed by atoms with Crippen LogP contribution in [0, 0.1) is 0 Å². The van der Waals surface area contributed by atoms with Gasteiger partial charge in [-0.15, -0.1) is 0 Å². The highest BCUT2D eigenvalue weighted by atomic mass is 16.2. The molecule has 112 valence electrons. The predicted octanol–water partition coefficient (Wildman–Crippen LogP) is 1.04. The summed E-state index contributed by atoms with van der Waals surface area (Å²) < 4.78 is 1.75. The first kappa shape index (κ1) is 15.3. The van der Waals surface area contributed by atoms with Gasteiger partial charge in [-0.1, -0.05) is 30.3 Å². The minimum absolute atomic E-state index is 0.0881. The smallest absolute Gasteiger partial charge is 0.236 e.